The molecular formula is C20H19N3O4. The number of fused-ring (bicyclic) bond motifs is 1. The summed E-state index contributed by atoms with van der Waals surface area (Å²) >= 11 is 0. The summed E-state index contributed by atoms with van der Waals surface area (Å²) < 4.78 is 5.88. The van der Waals surface area contributed by atoms with Gasteiger partial charge in [-0.05, 0) is 11.6 Å². The molecule has 0 saturated heterocycles. The number of hydrogen-bond acceptors (Lipinski definition) is 5. The number of nitrogens with zero attached hydrogens (tertiary/aromatic N) is 2. The fourth-order valence-corrected chi connectivity index (χ4v) is 2.88. The van der Waals surface area contributed by atoms with Crippen LogP contribution in [0.2, 0.25) is 0 Å². The number of nitrogens with one attached hydrogen (secondary N) is 1. The van der Waals surface area contributed by atoms with E-state index in [2.05, 4.69) is 10.4 Å². The highest BCUT2D eigenvalue weighted by atomic mass is 16.5. The lowest BCUT2D eigenvalue weighted by molar-refractivity contribution is -0.141. The number of ether oxygens (including phenoxy) is 1. The molecule has 0 radical (unpaired) electrons. The predicted octanol–water partition coefficient (Wildman–Crippen LogP) is 1.97. The normalized spacial score (nSPS) is 11.8. The molecular weight excluding hydrogens is 346 g/mol. The van der Waals surface area contributed by atoms with Crippen molar-refractivity contribution in [3.8, 4) is 0 Å². The molecule has 0 bridgehead atoms. The van der Waals surface area contributed by atoms with E-state index in [9.17, 15) is 14.4 Å². The maximum atomic E-state index is 12.9. The van der Waals surface area contributed by atoms with Crippen LogP contribution in [0, 0.1) is 0 Å². The highest BCUT2D eigenvalue weighted by Crippen LogP contribution is 2.19. The maximum Gasteiger partial charge on any atom is 0.307 e. The van der Waals surface area contributed by atoms with Crippen molar-refractivity contribution in [1.29, 1.82) is 0 Å². The first-order chi connectivity index (χ1) is 13.0. The summed E-state index contributed by atoms with van der Waals surface area (Å²) in [7, 11) is 2.79. The van der Waals surface area contributed by atoms with Gasteiger partial charge in [-0.25, -0.2) is 4.68 Å². The number of esters is 1. The van der Waals surface area contributed by atoms with Crippen LogP contribution in [0.25, 0.3) is 10.8 Å². The first kappa shape index (κ1) is 18.3. The lowest BCUT2D eigenvalue weighted by Crippen LogP contribution is -2.33. The van der Waals surface area contributed by atoms with E-state index in [0.29, 0.717) is 10.8 Å². The molecule has 0 fully saturated rings. The van der Waals surface area contributed by atoms with Crippen LogP contribution < -0.4 is 10.9 Å². The van der Waals surface area contributed by atoms with E-state index in [-0.39, 0.29) is 17.7 Å². The van der Waals surface area contributed by atoms with Crippen molar-refractivity contribution in [2.24, 2.45) is 7.05 Å². The van der Waals surface area contributed by atoms with E-state index in [1.807, 2.05) is 30.3 Å². The van der Waals surface area contributed by atoms with Crippen LogP contribution in [0.5, 0.6) is 0 Å². The zero-order valence-electron chi connectivity index (χ0n) is 15.0. The summed E-state index contributed by atoms with van der Waals surface area (Å²) in [5.41, 5.74) is 0.611. The highest BCUT2D eigenvalue weighted by molar-refractivity contribution is 6.05. The third-order valence-electron chi connectivity index (χ3n) is 4.28. The molecule has 0 spiro atoms. The molecule has 2 aromatic carbocycles. The van der Waals surface area contributed by atoms with Gasteiger partial charge in [-0.3, -0.25) is 14.4 Å². The van der Waals surface area contributed by atoms with Crippen molar-refractivity contribution < 1.29 is 14.3 Å². The fraction of sp³-hybridized carbons (Fsp3) is 0.200. The Balaban J connectivity index is 1.99. The highest BCUT2D eigenvalue weighted by Gasteiger charge is 2.22. The fourth-order valence-electron chi connectivity index (χ4n) is 2.88. The van der Waals surface area contributed by atoms with Crippen LogP contribution in [-0.2, 0) is 16.6 Å². The summed E-state index contributed by atoms with van der Waals surface area (Å²) in [6, 6.07) is 15.4. The Morgan fingerprint density at radius 2 is 1.70 bits per heavy atom. The number of carbonyl (C=O) groups excluding carboxylic acids is 2. The molecule has 27 heavy (non-hydrogen) atoms. The van der Waals surface area contributed by atoms with Gasteiger partial charge in [-0.1, -0.05) is 48.5 Å². The molecule has 7 nitrogen and oxygen atoms in total. The van der Waals surface area contributed by atoms with E-state index in [1.54, 1.807) is 24.3 Å². The zero-order chi connectivity index (χ0) is 19.4. The smallest absolute Gasteiger partial charge is 0.307 e. The topological polar surface area (TPSA) is 90.3 Å². The van der Waals surface area contributed by atoms with E-state index in [4.69, 9.17) is 4.74 Å². The first-order valence-electron chi connectivity index (χ1n) is 8.40. The molecule has 1 amide bonds. The quantitative estimate of drug-likeness (QED) is 0.698. The SMILES string of the molecule is COC(=O)CC(NC(=O)c1nn(C)c(=O)c2ccccc12)c1ccccc1. The number of methoxy groups -OCH3 is 1. The Morgan fingerprint density at radius 3 is 2.37 bits per heavy atom. The monoisotopic (exact) mass is 365 g/mol. The summed E-state index contributed by atoms with van der Waals surface area (Å²) in [6.07, 6.45) is -0.0179. The molecule has 1 atom stereocenters. The van der Waals surface area contributed by atoms with Gasteiger partial charge < -0.3 is 10.1 Å². The van der Waals surface area contributed by atoms with E-state index >= 15 is 0 Å². The Bertz CT molecular complexity index is 1040. The minimum absolute atomic E-state index is 0.0179. The van der Waals surface area contributed by atoms with Crippen molar-refractivity contribution in [2.75, 3.05) is 7.11 Å². The van der Waals surface area contributed by atoms with Gasteiger partial charge in [0.1, 0.15) is 0 Å². The molecule has 3 rings (SSSR count). The summed E-state index contributed by atoms with van der Waals surface area (Å²) in [6.45, 7) is 0. The van der Waals surface area contributed by atoms with Crippen molar-refractivity contribution in [1.82, 2.24) is 15.1 Å². The third kappa shape index (κ3) is 3.87. The maximum absolute atomic E-state index is 12.9. The number of aromatic nitrogens is 2. The number of amides is 1. The molecule has 0 saturated carbocycles. The van der Waals surface area contributed by atoms with E-state index in [0.717, 1.165) is 10.2 Å². The number of aryl methyl sites for hydroxylation is 1. The Hall–Kier alpha value is -3.48. The number of carbonyl (C=O) groups is 2. The molecule has 1 aromatic heterocycles. The Labute approximate surface area is 155 Å². The van der Waals surface area contributed by atoms with E-state index in [1.165, 1.54) is 14.2 Å². The van der Waals surface area contributed by atoms with Crippen LogP contribution in [0.15, 0.2) is 59.4 Å². The van der Waals surface area contributed by atoms with E-state index < -0.39 is 17.9 Å². The van der Waals surface area contributed by atoms with Crippen LogP contribution in [0.1, 0.15) is 28.5 Å². The summed E-state index contributed by atoms with van der Waals surface area (Å²) in [5, 5.41) is 7.83. The molecule has 1 N–H and O–H groups in total. The minimum Gasteiger partial charge on any atom is -0.469 e. The van der Waals surface area contributed by atoms with Crippen LogP contribution in [0.4, 0.5) is 0 Å². The van der Waals surface area contributed by atoms with Crippen LogP contribution >= 0.6 is 0 Å². The minimum atomic E-state index is -0.580. The lowest BCUT2D eigenvalue weighted by Gasteiger charge is -2.18. The third-order valence-corrected chi connectivity index (χ3v) is 4.28. The van der Waals surface area contributed by atoms with Gasteiger partial charge in [0.05, 0.1) is 25.0 Å². The van der Waals surface area contributed by atoms with Crippen molar-refractivity contribution in [3.63, 3.8) is 0 Å². The van der Waals surface area contributed by atoms with Crippen molar-refractivity contribution in [3.05, 3.63) is 76.2 Å². The molecule has 0 aliphatic carbocycles. The van der Waals surface area contributed by atoms with Crippen molar-refractivity contribution in [2.45, 2.75) is 12.5 Å². The molecule has 1 unspecified atom stereocenters. The first-order valence-corrected chi connectivity index (χ1v) is 8.40. The molecule has 0 aliphatic heterocycles. The van der Waals surface area contributed by atoms with Gasteiger partial charge in [-0.15, -0.1) is 0 Å². The van der Waals surface area contributed by atoms with Crippen LogP contribution in [-0.4, -0.2) is 28.8 Å². The molecule has 7 heteroatoms. The molecule has 1 heterocycles. The molecule has 3 aromatic rings. The lowest BCUT2D eigenvalue weighted by atomic mass is 10.0. The number of rotatable bonds is 5. The average Bonchev–Trinajstić information content (AvgIpc) is 2.70. The van der Waals surface area contributed by atoms with Gasteiger partial charge in [0, 0.05) is 12.4 Å². The number of benzene rings is 2. The predicted molar refractivity (Wildman–Crippen MR) is 100 cm³/mol. The standard InChI is InChI=1S/C20H19N3O4/c1-23-20(26)15-11-7-6-10-14(15)18(22-23)19(25)21-16(12-17(24)27-2)13-8-4-3-5-9-13/h3-11,16H,12H2,1-2H3,(H,21,25). The second-order valence-electron chi connectivity index (χ2n) is 6.04. The van der Waals surface area contributed by atoms with Gasteiger partial charge in [-0.2, -0.15) is 5.10 Å². The van der Waals surface area contributed by atoms with Gasteiger partial charge in [0.25, 0.3) is 11.5 Å². The molecule has 138 valence electrons. The zero-order valence-corrected chi connectivity index (χ0v) is 15.0. The summed E-state index contributed by atoms with van der Waals surface area (Å²) in [5.74, 6) is -0.915. The largest absolute Gasteiger partial charge is 0.469 e. The van der Waals surface area contributed by atoms with Gasteiger partial charge in [0.2, 0.25) is 0 Å². The second kappa shape index (κ2) is 7.82. The Kier molecular flexibility index (Phi) is 5.30. The van der Waals surface area contributed by atoms with Gasteiger partial charge >= 0.3 is 5.97 Å². The van der Waals surface area contributed by atoms with Gasteiger partial charge in [0.15, 0.2) is 5.69 Å². The van der Waals surface area contributed by atoms with Crippen LogP contribution in [0.3, 0.4) is 0 Å². The number of hydrogen-bond donors (Lipinski definition) is 1. The van der Waals surface area contributed by atoms with Crippen molar-refractivity contribution >= 4 is 22.6 Å². The second-order valence-corrected chi connectivity index (χ2v) is 6.04. The Morgan fingerprint density at radius 1 is 1.07 bits per heavy atom. The summed E-state index contributed by atoms with van der Waals surface area (Å²) in [4.78, 5) is 37.0. The molecule has 0 aliphatic rings. The average molecular weight is 365 g/mol.